The van der Waals surface area contributed by atoms with Gasteiger partial charge in [-0.25, -0.2) is 9.78 Å². The molecule has 0 radical (unpaired) electrons. The van der Waals surface area contributed by atoms with Crippen molar-refractivity contribution in [2.75, 3.05) is 11.9 Å². The highest BCUT2D eigenvalue weighted by Crippen LogP contribution is 2.32. The number of carbonyl (C=O) groups is 2. The van der Waals surface area contributed by atoms with Crippen molar-refractivity contribution in [3.63, 3.8) is 0 Å². The van der Waals surface area contributed by atoms with E-state index in [1.54, 1.807) is 33.0 Å². The second kappa shape index (κ2) is 11.0. The minimum atomic E-state index is -1.92. The Labute approximate surface area is 229 Å². The van der Waals surface area contributed by atoms with Gasteiger partial charge in [-0.05, 0) is 44.5 Å². The Bertz CT molecular complexity index is 1490. The minimum Gasteiger partial charge on any atom is -0.426 e. The highest BCUT2D eigenvalue weighted by atomic mass is 32.1. The van der Waals surface area contributed by atoms with Crippen LogP contribution in [0.15, 0.2) is 41.2 Å². The first-order valence-electron chi connectivity index (χ1n) is 12.4. The van der Waals surface area contributed by atoms with Crippen molar-refractivity contribution in [3.8, 4) is 11.1 Å². The predicted octanol–water partition coefficient (Wildman–Crippen LogP) is 5.96. The summed E-state index contributed by atoms with van der Waals surface area (Å²) in [4.78, 5) is 37.4. The molecule has 12 heteroatoms. The summed E-state index contributed by atoms with van der Waals surface area (Å²) in [5.41, 5.74) is 1.22. The van der Waals surface area contributed by atoms with Gasteiger partial charge in [0.1, 0.15) is 0 Å². The van der Waals surface area contributed by atoms with Gasteiger partial charge in [-0.1, -0.05) is 43.3 Å². The third-order valence-corrected chi connectivity index (χ3v) is 6.46. The number of anilines is 1. The Kier molecular flexibility index (Phi) is 7.96. The van der Waals surface area contributed by atoms with Gasteiger partial charge in [0, 0.05) is 41.9 Å². The number of pyridine rings is 1. The van der Waals surface area contributed by atoms with E-state index < -0.39 is 23.8 Å². The molecule has 39 heavy (non-hydrogen) atoms. The molecule has 10 nitrogen and oxygen atoms in total. The molecule has 3 heterocycles. The van der Waals surface area contributed by atoms with E-state index in [4.69, 9.17) is 9.26 Å². The summed E-state index contributed by atoms with van der Waals surface area (Å²) in [6.07, 6.45) is 1.44. The molecular weight excluding hydrogens is 523 g/mol. The summed E-state index contributed by atoms with van der Waals surface area (Å²) in [6, 6.07) is 6.72. The number of halogens is 1. The molecule has 4 rings (SSSR count). The zero-order chi connectivity index (χ0) is 28.4. The quantitative estimate of drug-likeness (QED) is 0.268. The molecule has 1 aromatic carbocycles. The molecule has 0 fully saturated rings. The van der Waals surface area contributed by atoms with Crippen LogP contribution in [0.1, 0.15) is 65.2 Å². The number of esters is 1. The molecule has 0 aliphatic carbocycles. The number of thiazole rings is 1. The topological polar surface area (TPSA) is 132 Å². The number of aromatic nitrogens is 4. The molecule has 1 atom stereocenters. The predicted molar refractivity (Wildman–Crippen MR) is 146 cm³/mol. The average molecular weight is 555 g/mol. The van der Waals surface area contributed by atoms with E-state index in [1.165, 1.54) is 17.5 Å². The largest absolute Gasteiger partial charge is 0.426 e. The summed E-state index contributed by atoms with van der Waals surface area (Å²) in [5, 5.41) is 9.88. The molecule has 0 spiro atoms. The zero-order valence-corrected chi connectivity index (χ0v) is 23.5. The van der Waals surface area contributed by atoms with E-state index in [-0.39, 0.29) is 11.0 Å². The number of nitrogens with one attached hydrogen (secondary N) is 2. The van der Waals surface area contributed by atoms with Crippen LogP contribution in [0.25, 0.3) is 21.3 Å². The number of alkyl halides is 1. The SMILES string of the molecule is CC(C)(C)C(=O)OC(F)c1cncc(-c2ccc3nc(NC(=O)NCCc4noc(C(C)(C)C)n4)sc3c2)c1. The molecule has 2 amide bonds. The lowest BCUT2D eigenvalue weighted by Crippen LogP contribution is -2.30. The van der Waals surface area contributed by atoms with Gasteiger partial charge in [-0.15, -0.1) is 0 Å². The summed E-state index contributed by atoms with van der Waals surface area (Å²) in [7, 11) is 0. The van der Waals surface area contributed by atoms with E-state index in [2.05, 4.69) is 30.7 Å². The van der Waals surface area contributed by atoms with E-state index >= 15 is 0 Å². The van der Waals surface area contributed by atoms with Crippen LogP contribution >= 0.6 is 11.3 Å². The maximum Gasteiger partial charge on any atom is 0.321 e. The highest BCUT2D eigenvalue weighted by Gasteiger charge is 2.27. The van der Waals surface area contributed by atoms with E-state index in [0.29, 0.717) is 40.9 Å². The van der Waals surface area contributed by atoms with Gasteiger partial charge < -0.3 is 14.6 Å². The molecule has 0 saturated heterocycles. The van der Waals surface area contributed by atoms with Crippen LogP contribution in [0.2, 0.25) is 0 Å². The van der Waals surface area contributed by atoms with Crippen LogP contribution in [-0.4, -0.2) is 38.7 Å². The van der Waals surface area contributed by atoms with Gasteiger partial charge in [-0.2, -0.15) is 9.37 Å². The number of carbonyl (C=O) groups excluding carboxylic acids is 2. The lowest BCUT2D eigenvalue weighted by molar-refractivity contribution is -0.168. The number of urea groups is 1. The van der Waals surface area contributed by atoms with Crippen LogP contribution in [0.5, 0.6) is 0 Å². The second-order valence-corrected chi connectivity index (χ2v) is 12.1. The monoisotopic (exact) mass is 554 g/mol. The first kappa shape index (κ1) is 28.1. The normalized spacial score (nSPS) is 12.8. The Morgan fingerprint density at radius 3 is 2.54 bits per heavy atom. The van der Waals surface area contributed by atoms with Crippen molar-refractivity contribution in [2.24, 2.45) is 5.41 Å². The highest BCUT2D eigenvalue weighted by molar-refractivity contribution is 7.22. The number of benzene rings is 1. The van der Waals surface area contributed by atoms with Crippen LogP contribution in [-0.2, 0) is 21.4 Å². The number of fused-ring (bicyclic) bond motifs is 1. The number of amides is 2. The Morgan fingerprint density at radius 1 is 1.08 bits per heavy atom. The van der Waals surface area contributed by atoms with Crippen molar-refractivity contribution in [1.82, 2.24) is 25.4 Å². The molecule has 0 aliphatic heterocycles. The molecule has 3 aromatic heterocycles. The first-order chi connectivity index (χ1) is 18.3. The van der Waals surface area contributed by atoms with Gasteiger partial charge in [0.2, 0.25) is 5.89 Å². The molecule has 1 unspecified atom stereocenters. The molecule has 4 aromatic rings. The Balaban J connectivity index is 1.38. The Morgan fingerprint density at radius 2 is 1.85 bits per heavy atom. The van der Waals surface area contributed by atoms with Crippen molar-refractivity contribution in [1.29, 1.82) is 0 Å². The maximum atomic E-state index is 14.7. The number of ether oxygens (including phenoxy) is 1. The van der Waals surface area contributed by atoms with Crippen LogP contribution in [0.4, 0.5) is 14.3 Å². The van der Waals surface area contributed by atoms with E-state index in [1.807, 2.05) is 39.0 Å². The lowest BCUT2D eigenvalue weighted by atomic mass is 9.97. The molecule has 0 saturated carbocycles. The number of rotatable bonds is 7. The first-order valence-corrected chi connectivity index (χ1v) is 13.2. The lowest BCUT2D eigenvalue weighted by Gasteiger charge is -2.19. The van der Waals surface area contributed by atoms with Gasteiger partial charge >= 0.3 is 12.0 Å². The molecule has 206 valence electrons. The van der Waals surface area contributed by atoms with Crippen molar-refractivity contribution in [3.05, 3.63) is 53.9 Å². The number of hydrogen-bond acceptors (Lipinski definition) is 9. The second-order valence-electron chi connectivity index (χ2n) is 11.1. The van der Waals surface area contributed by atoms with Crippen molar-refractivity contribution >= 4 is 38.7 Å². The summed E-state index contributed by atoms with van der Waals surface area (Å²) >= 11 is 1.31. The fourth-order valence-corrected chi connectivity index (χ4v) is 4.23. The minimum absolute atomic E-state index is 0.143. The fourth-order valence-electron chi connectivity index (χ4n) is 3.33. The van der Waals surface area contributed by atoms with Gasteiger partial charge in [-0.3, -0.25) is 15.1 Å². The standard InChI is InChI=1S/C27H31FN6O4S/c1-26(2,3)22-32-20(34-38-22)9-10-30-24(36)33-25-31-18-8-7-15(12-19(18)39-25)16-11-17(14-29-13-16)21(28)37-23(35)27(4,5)6/h7-8,11-14,21H,9-10H2,1-6H3,(H2,30,31,33,36). The van der Waals surface area contributed by atoms with Gasteiger partial charge in [0.25, 0.3) is 6.36 Å². The van der Waals surface area contributed by atoms with E-state index in [9.17, 15) is 14.0 Å². The van der Waals surface area contributed by atoms with E-state index in [0.717, 1.165) is 10.3 Å². The summed E-state index contributed by atoms with van der Waals surface area (Å²) < 4.78 is 25.7. The maximum absolute atomic E-state index is 14.7. The summed E-state index contributed by atoms with van der Waals surface area (Å²) in [6.45, 7) is 11.3. The molecule has 2 N–H and O–H groups in total. The smallest absolute Gasteiger partial charge is 0.321 e. The van der Waals surface area contributed by atoms with Crippen molar-refractivity contribution in [2.45, 2.75) is 59.7 Å². The van der Waals surface area contributed by atoms with Gasteiger partial charge in [0.15, 0.2) is 11.0 Å². The molecular formula is C27H31FN6O4S. The number of hydrogen-bond donors (Lipinski definition) is 2. The number of nitrogens with zero attached hydrogens (tertiary/aromatic N) is 4. The molecule has 0 bridgehead atoms. The Hall–Kier alpha value is -3.93. The fraction of sp³-hybridized carbons (Fsp3) is 0.407. The van der Waals surface area contributed by atoms with Crippen LogP contribution < -0.4 is 10.6 Å². The van der Waals surface area contributed by atoms with Crippen molar-refractivity contribution < 1.29 is 23.2 Å². The van der Waals surface area contributed by atoms with Crippen LogP contribution in [0, 0.1) is 5.41 Å². The van der Waals surface area contributed by atoms with Gasteiger partial charge in [0.05, 0.1) is 15.6 Å². The zero-order valence-electron chi connectivity index (χ0n) is 22.7. The third kappa shape index (κ3) is 7.14. The summed E-state index contributed by atoms with van der Waals surface area (Å²) in [5.74, 6) is 0.435. The van der Waals surface area contributed by atoms with Crippen LogP contribution in [0.3, 0.4) is 0 Å². The third-order valence-electron chi connectivity index (χ3n) is 5.53. The molecule has 0 aliphatic rings. The average Bonchev–Trinajstić information content (AvgIpc) is 3.49.